The van der Waals surface area contributed by atoms with Gasteiger partial charge in [0.25, 0.3) is 5.91 Å². The van der Waals surface area contributed by atoms with E-state index in [4.69, 9.17) is 4.74 Å². The van der Waals surface area contributed by atoms with Crippen LogP contribution in [0.25, 0.3) is 0 Å². The fourth-order valence-electron chi connectivity index (χ4n) is 3.75. The Morgan fingerprint density at radius 1 is 1.00 bits per heavy atom. The largest absolute Gasteiger partial charge is 0.494 e. The first-order valence-electron chi connectivity index (χ1n) is 10.8. The van der Waals surface area contributed by atoms with Crippen LogP contribution >= 0.6 is 0 Å². The number of benzene rings is 3. The number of fused-ring (bicyclic) bond motifs is 1. The number of carbonyl (C=O) groups excluding carboxylic acids is 3. The lowest BCUT2D eigenvalue weighted by molar-refractivity contribution is -0.122. The third kappa shape index (κ3) is 4.87. The van der Waals surface area contributed by atoms with Gasteiger partial charge in [0.1, 0.15) is 11.8 Å². The van der Waals surface area contributed by atoms with E-state index in [0.29, 0.717) is 35.0 Å². The second-order valence-corrected chi connectivity index (χ2v) is 7.77. The van der Waals surface area contributed by atoms with Crippen LogP contribution in [-0.4, -0.2) is 30.4 Å². The van der Waals surface area contributed by atoms with Crippen LogP contribution < -0.4 is 20.3 Å². The summed E-state index contributed by atoms with van der Waals surface area (Å²) in [4.78, 5) is 40.7. The topological polar surface area (TPSA) is 87.7 Å². The lowest BCUT2D eigenvalue weighted by Gasteiger charge is -2.36. The summed E-state index contributed by atoms with van der Waals surface area (Å²) >= 11 is 0. The van der Waals surface area contributed by atoms with E-state index in [1.807, 2.05) is 26.0 Å². The Hall–Kier alpha value is -4.13. The molecule has 3 aromatic carbocycles. The van der Waals surface area contributed by atoms with Crippen LogP contribution in [0.5, 0.6) is 5.75 Å². The molecule has 0 radical (unpaired) electrons. The minimum absolute atomic E-state index is 0.190. The molecular formula is C26H25N3O4. The molecular weight excluding hydrogens is 418 g/mol. The van der Waals surface area contributed by atoms with Crippen LogP contribution in [0.4, 0.5) is 17.1 Å². The van der Waals surface area contributed by atoms with Crippen molar-refractivity contribution in [3.8, 4) is 5.75 Å². The van der Waals surface area contributed by atoms with E-state index < -0.39 is 11.9 Å². The number of carbonyl (C=O) groups is 3. The molecule has 168 valence electrons. The van der Waals surface area contributed by atoms with Gasteiger partial charge in [-0.25, -0.2) is 0 Å². The lowest BCUT2D eigenvalue weighted by atomic mass is 10.0. The molecule has 7 heteroatoms. The van der Waals surface area contributed by atoms with Gasteiger partial charge in [-0.15, -0.1) is 0 Å². The van der Waals surface area contributed by atoms with Crippen molar-refractivity contribution in [2.75, 3.05) is 22.1 Å². The zero-order chi connectivity index (χ0) is 23.4. The van der Waals surface area contributed by atoms with E-state index in [0.717, 1.165) is 5.56 Å². The zero-order valence-corrected chi connectivity index (χ0v) is 18.5. The van der Waals surface area contributed by atoms with E-state index in [1.54, 1.807) is 60.7 Å². The SMILES string of the molecule is CCOc1ccc(NC(=O)C[C@@H]2C(=O)Nc3ccccc3N2C(=O)c2ccc(C)cc2)cc1. The molecule has 0 aliphatic carbocycles. The van der Waals surface area contributed by atoms with E-state index in [9.17, 15) is 14.4 Å². The van der Waals surface area contributed by atoms with Crippen molar-refractivity contribution in [3.63, 3.8) is 0 Å². The molecule has 1 aliphatic heterocycles. The average molecular weight is 444 g/mol. The van der Waals surface area contributed by atoms with E-state index in [-0.39, 0.29) is 18.2 Å². The lowest BCUT2D eigenvalue weighted by Crippen LogP contribution is -2.52. The highest BCUT2D eigenvalue weighted by Gasteiger charge is 2.38. The highest BCUT2D eigenvalue weighted by Crippen LogP contribution is 2.34. The maximum absolute atomic E-state index is 13.5. The Labute approximate surface area is 192 Å². The molecule has 3 amide bonds. The molecule has 0 bridgehead atoms. The number of nitrogens with zero attached hydrogens (tertiary/aromatic N) is 1. The molecule has 2 N–H and O–H groups in total. The summed E-state index contributed by atoms with van der Waals surface area (Å²) in [6, 6.07) is 20.2. The van der Waals surface area contributed by atoms with Gasteiger partial charge in [-0.05, 0) is 62.4 Å². The number of hydrogen-bond donors (Lipinski definition) is 2. The first-order chi connectivity index (χ1) is 16.0. The van der Waals surface area contributed by atoms with Crippen LogP contribution in [0.3, 0.4) is 0 Å². The quantitative estimate of drug-likeness (QED) is 0.592. The van der Waals surface area contributed by atoms with Crippen molar-refractivity contribution < 1.29 is 19.1 Å². The molecule has 7 nitrogen and oxygen atoms in total. The second-order valence-electron chi connectivity index (χ2n) is 7.77. The third-order valence-electron chi connectivity index (χ3n) is 5.38. The van der Waals surface area contributed by atoms with Gasteiger partial charge in [-0.3, -0.25) is 19.3 Å². The first-order valence-corrected chi connectivity index (χ1v) is 10.8. The number of amides is 3. The Balaban J connectivity index is 1.59. The summed E-state index contributed by atoms with van der Waals surface area (Å²) in [5.41, 5.74) is 3.14. The summed E-state index contributed by atoms with van der Waals surface area (Å²) in [6.45, 7) is 4.38. The summed E-state index contributed by atoms with van der Waals surface area (Å²) in [5, 5.41) is 5.61. The van der Waals surface area contributed by atoms with Gasteiger partial charge in [0.05, 0.1) is 24.4 Å². The average Bonchev–Trinajstić information content (AvgIpc) is 2.81. The van der Waals surface area contributed by atoms with Crippen molar-refractivity contribution in [3.05, 3.63) is 83.9 Å². The minimum Gasteiger partial charge on any atom is -0.494 e. The van der Waals surface area contributed by atoms with Crippen molar-refractivity contribution in [1.29, 1.82) is 0 Å². The number of ether oxygens (including phenoxy) is 1. The number of anilines is 3. The molecule has 4 rings (SSSR count). The minimum atomic E-state index is -0.989. The van der Waals surface area contributed by atoms with E-state index in [1.165, 1.54) is 4.90 Å². The third-order valence-corrected chi connectivity index (χ3v) is 5.38. The van der Waals surface area contributed by atoms with Gasteiger partial charge in [-0.1, -0.05) is 29.8 Å². The number of hydrogen-bond acceptors (Lipinski definition) is 4. The van der Waals surface area contributed by atoms with Crippen LogP contribution in [0.15, 0.2) is 72.8 Å². The molecule has 0 unspecified atom stereocenters. The highest BCUT2D eigenvalue weighted by atomic mass is 16.5. The maximum atomic E-state index is 13.5. The summed E-state index contributed by atoms with van der Waals surface area (Å²) in [5.74, 6) is -0.416. The predicted octanol–water partition coefficient (Wildman–Crippen LogP) is 4.39. The van der Waals surface area contributed by atoms with E-state index >= 15 is 0 Å². The molecule has 0 spiro atoms. The van der Waals surface area contributed by atoms with Crippen LogP contribution in [0.2, 0.25) is 0 Å². The standard InChI is InChI=1S/C26H25N3O4/c1-3-33-20-14-12-19(13-15-20)27-24(30)16-23-25(31)28-21-6-4-5-7-22(21)29(23)26(32)18-10-8-17(2)9-11-18/h4-15,23H,3,16H2,1-2H3,(H,27,30)(H,28,31)/t23-/m1/s1. The van der Waals surface area contributed by atoms with Gasteiger partial charge in [0.2, 0.25) is 11.8 Å². The second kappa shape index (κ2) is 9.56. The van der Waals surface area contributed by atoms with Crippen molar-refractivity contribution in [2.45, 2.75) is 26.3 Å². The number of para-hydroxylation sites is 2. The zero-order valence-electron chi connectivity index (χ0n) is 18.5. The fraction of sp³-hybridized carbons (Fsp3) is 0.192. The van der Waals surface area contributed by atoms with Crippen molar-refractivity contribution >= 4 is 34.8 Å². The smallest absolute Gasteiger partial charge is 0.259 e. The molecule has 0 saturated heterocycles. The molecule has 33 heavy (non-hydrogen) atoms. The summed E-state index contributed by atoms with van der Waals surface area (Å²) < 4.78 is 5.41. The molecule has 0 saturated carbocycles. The first kappa shape index (κ1) is 22.1. The van der Waals surface area contributed by atoms with Gasteiger partial charge in [-0.2, -0.15) is 0 Å². The van der Waals surface area contributed by atoms with Crippen molar-refractivity contribution in [1.82, 2.24) is 0 Å². The molecule has 0 aromatic heterocycles. The summed E-state index contributed by atoms with van der Waals surface area (Å²) in [6.07, 6.45) is -0.190. The normalized spacial score (nSPS) is 14.8. The predicted molar refractivity (Wildman–Crippen MR) is 128 cm³/mol. The molecule has 3 aromatic rings. The molecule has 0 fully saturated rings. The number of rotatable bonds is 6. The van der Waals surface area contributed by atoms with Crippen molar-refractivity contribution in [2.24, 2.45) is 0 Å². The van der Waals surface area contributed by atoms with Gasteiger partial charge in [0.15, 0.2) is 0 Å². The Morgan fingerprint density at radius 2 is 1.70 bits per heavy atom. The highest BCUT2D eigenvalue weighted by molar-refractivity contribution is 6.17. The van der Waals surface area contributed by atoms with Crippen LogP contribution in [0.1, 0.15) is 29.3 Å². The Kier molecular flexibility index (Phi) is 6.40. The van der Waals surface area contributed by atoms with Crippen LogP contribution in [-0.2, 0) is 9.59 Å². The number of aryl methyl sites for hydroxylation is 1. The number of nitrogens with one attached hydrogen (secondary N) is 2. The summed E-state index contributed by atoms with van der Waals surface area (Å²) in [7, 11) is 0. The Bertz CT molecular complexity index is 1170. The van der Waals surface area contributed by atoms with Crippen LogP contribution in [0, 0.1) is 6.92 Å². The Morgan fingerprint density at radius 3 is 2.39 bits per heavy atom. The van der Waals surface area contributed by atoms with E-state index in [2.05, 4.69) is 10.6 Å². The maximum Gasteiger partial charge on any atom is 0.259 e. The van der Waals surface area contributed by atoms with Gasteiger partial charge >= 0.3 is 0 Å². The molecule has 1 aliphatic rings. The monoisotopic (exact) mass is 443 g/mol. The molecule has 1 heterocycles. The van der Waals surface area contributed by atoms with Gasteiger partial charge < -0.3 is 15.4 Å². The van der Waals surface area contributed by atoms with Gasteiger partial charge in [0, 0.05) is 11.3 Å². The fourth-order valence-corrected chi connectivity index (χ4v) is 3.75. The molecule has 1 atom stereocenters.